The van der Waals surface area contributed by atoms with Crippen LogP contribution in [0.15, 0.2) is 47.6 Å². The Kier molecular flexibility index (Phi) is 7.42. The van der Waals surface area contributed by atoms with Gasteiger partial charge in [0.25, 0.3) is 0 Å². The number of hydrogen-bond donors (Lipinski definition) is 2. The zero-order valence-electron chi connectivity index (χ0n) is 18.8. The smallest absolute Gasteiger partial charge is 0.224 e. The fourth-order valence-corrected chi connectivity index (χ4v) is 6.21. The minimum Gasteiger partial charge on any atom is -0.352 e. The van der Waals surface area contributed by atoms with Gasteiger partial charge >= 0.3 is 0 Å². The normalized spacial score (nSPS) is 20.9. The van der Waals surface area contributed by atoms with Gasteiger partial charge in [-0.3, -0.25) is 14.6 Å². The topological polar surface area (TPSA) is 105 Å². The van der Waals surface area contributed by atoms with Crippen LogP contribution in [-0.2, 0) is 32.4 Å². The van der Waals surface area contributed by atoms with E-state index in [0.29, 0.717) is 36.6 Å². The maximum absolute atomic E-state index is 12.9. The Labute approximate surface area is 195 Å². The predicted molar refractivity (Wildman–Crippen MR) is 126 cm³/mol. The fraction of sp³-hybridized carbons (Fsp3) is 0.480. The highest BCUT2D eigenvalue weighted by atomic mass is 32.2. The molecule has 0 radical (unpaired) electrons. The molecule has 0 bridgehead atoms. The first-order valence-electron chi connectivity index (χ1n) is 11.7. The average Bonchev–Trinajstić information content (AvgIpc) is 3.02. The van der Waals surface area contributed by atoms with Crippen LogP contribution >= 0.6 is 0 Å². The van der Waals surface area contributed by atoms with E-state index in [1.165, 1.54) is 0 Å². The molecular formula is C25H31N3O4S. The van der Waals surface area contributed by atoms with E-state index in [9.17, 15) is 18.0 Å². The van der Waals surface area contributed by atoms with Crippen LogP contribution in [0.3, 0.4) is 0 Å². The molecule has 1 aromatic heterocycles. The van der Waals surface area contributed by atoms with Crippen LogP contribution in [0.5, 0.6) is 0 Å². The van der Waals surface area contributed by atoms with E-state index in [1.54, 1.807) is 30.6 Å². The number of nitrogens with one attached hydrogen (secondary N) is 2. The van der Waals surface area contributed by atoms with Crippen molar-refractivity contribution in [2.24, 2.45) is 11.8 Å². The van der Waals surface area contributed by atoms with Crippen molar-refractivity contribution in [1.29, 1.82) is 0 Å². The van der Waals surface area contributed by atoms with E-state index in [2.05, 4.69) is 15.6 Å². The third-order valence-electron chi connectivity index (χ3n) is 6.76. The Balaban J connectivity index is 1.25. The quantitative estimate of drug-likeness (QED) is 0.644. The summed E-state index contributed by atoms with van der Waals surface area (Å²) in [4.78, 5) is 28.6. The summed E-state index contributed by atoms with van der Waals surface area (Å²) < 4.78 is 25.9. The van der Waals surface area contributed by atoms with Gasteiger partial charge in [-0.1, -0.05) is 6.07 Å². The molecule has 1 fully saturated rings. The van der Waals surface area contributed by atoms with E-state index < -0.39 is 9.84 Å². The number of rotatable bonds is 7. The number of carbonyl (C=O) groups is 2. The van der Waals surface area contributed by atoms with E-state index >= 15 is 0 Å². The van der Waals surface area contributed by atoms with Crippen LogP contribution < -0.4 is 10.6 Å². The van der Waals surface area contributed by atoms with E-state index in [1.807, 2.05) is 12.1 Å². The number of nitrogens with zero attached hydrogens (tertiary/aromatic N) is 1. The lowest BCUT2D eigenvalue weighted by atomic mass is 9.80. The third-order valence-corrected chi connectivity index (χ3v) is 8.51. The minimum atomic E-state index is -3.39. The molecule has 0 atom stereocenters. The largest absolute Gasteiger partial charge is 0.352 e. The second-order valence-corrected chi connectivity index (χ2v) is 11.2. The standard InChI is InChI=1S/C25H31N3O4S/c29-24-5-1-4-21-15-22(10-11-23(21)28-24)33(31,32)14-12-18-6-8-20(9-7-18)25(30)27-17-19-3-2-13-26-16-19/h2-3,10-11,13,15-16,18,20H,1,4-9,12,14,17H2,(H,27,30)(H,28,29). The molecule has 0 unspecified atom stereocenters. The number of amides is 2. The van der Waals surface area contributed by atoms with Gasteiger partial charge in [-0.05, 0) is 86.3 Å². The Morgan fingerprint density at radius 1 is 1.12 bits per heavy atom. The molecular weight excluding hydrogens is 438 g/mol. The number of fused-ring (bicyclic) bond motifs is 1. The van der Waals surface area contributed by atoms with Gasteiger partial charge in [0, 0.05) is 37.0 Å². The molecule has 1 aliphatic carbocycles. The van der Waals surface area contributed by atoms with Crippen molar-refractivity contribution >= 4 is 27.3 Å². The molecule has 33 heavy (non-hydrogen) atoms. The zero-order chi connectivity index (χ0) is 23.3. The molecule has 2 amide bonds. The number of benzene rings is 1. The maximum atomic E-state index is 12.9. The summed E-state index contributed by atoms with van der Waals surface area (Å²) in [5.74, 6) is 0.477. The molecule has 0 saturated heterocycles. The SMILES string of the molecule is O=C1CCCc2cc(S(=O)(=O)CCC3CCC(C(=O)NCc4cccnc4)CC3)ccc2N1. The van der Waals surface area contributed by atoms with Crippen molar-refractivity contribution in [2.75, 3.05) is 11.1 Å². The Morgan fingerprint density at radius 2 is 1.94 bits per heavy atom. The zero-order valence-corrected chi connectivity index (χ0v) is 19.6. The summed E-state index contributed by atoms with van der Waals surface area (Å²) in [6.45, 7) is 0.481. The summed E-state index contributed by atoms with van der Waals surface area (Å²) >= 11 is 0. The van der Waals surface area contributed by atoms with Crippen molar-refractivity contribution < 1.29 is 18.0 Å². The van der Waals surface area contributed by atoms with Gasteiger partial charge in [-0.25, -0.2) is 8.42 Å². The highest BCUT2D eigenvalue weighted by Crippen LogP contribution is 2.32. The highest BCUT2D eigenvalue weighted by Gasteiger charge is 2.28. The van der Waals surface area contributed by atoms with Crippen LogP contribution in [0.1, 0.15) is 56.1 Å². The molecule has 8 heteroatoms. The Bertz CT molecular complexity index is 1090. The van der Waals surface area contributed by atoms with Crippen LogP contribution in [0.4, 0.5) is 5.69 Å². The van der Waals surface area contributed by atoms with Gasteiger partial charge in [-0.2, -0.15) is 0 Å². The summed E-state index contributed by atoms with van der Waals surface area (Å²) in [7, 11) is -3.39. The molecule has 2 heterocycles. The second-order valence-electron chi connectivity index (χ2n) is 9.12. The Hall–Kier alpha value is -2.74. The number of carbonyl (C=O) groups excluding carboxylic acids is 2. The van der Waals surface area contributed by atoms with Crippen LogP contribution in [0.25, 0.3) is 0 Å². The van der Waals surface area contributed by atoms with E-state index in [-0.39, 0.29) is 23.5 Å². The van der Waals surface area contributed by atoms with Crippen LogP contribution in [0.2, 0.25) is 0 Å². The molecule has 4 rings (SSSR count). The fourth-order valence-electron chi connectivity index (χ4n) is 4.73. The molecule has 2 aliphatic rings. The van der Waals surface area contributed by atoms with Gasteiger partial charge in [0.2, 0.25) is 11.8 Å². The second kappa shape index (κ2) is 10.5. The number of sulfone groups is 1. The third kappa shape index (κ3) is 6.19. The molecule has 2 aromatic rings. The lowest BCUT2D eigenvalue weighted by molar-refractivity contribution is -0.126. The van der Waals surface area contributed by atoms with Gasteiger partial charge in [0.15, 0.2) is 9.84 Å². The first-order valence-corrected chi connectivity index (χ1v) is 13.4. The van der Waals surface area contributed by atoms with Gasteiger partial charge in [0.1, 0.15) is 0 Å². The molecule has 1 saturated carbocycles. The number of aromatic nitrogens is 1. The molecule has 1 aromatic carbocycles. The number of anilines is 1. The van der Waals surface area contributed by atoms with Crippen molar-refractivity contribution in [3.63, 3.8) is 0 Å². The number of hydrogen-bond acceptors (Lipinski definition) is 5. The molecule has 7 nitrogen and oxygen atoms in total. The monoisotopic (exact) mass is 469 g/mol. The van der Waals surface area contributed by atoms with Crippen molar-refractivity contribution in [3.05, 3.63) is 53.9 Å². The van der Waals surface area contributed by atoms with Gasteiger partial charge < -0.3 is 10.6 Å². The maximum Gasteiger partial charge on any atom is 0.224 e. The van der Waals surface area contributed by atoms with Crippen molar-refractivity contribution in [3.8, 4) is 0 Å². The average molecular weight is 470 g/mol. The predicted octanol–water partition coefficient (Wildman–Crippen LogP) is 3.64. The molecule has 2 N–H and O–H groups in total. The first kappa shape index (κ1) is 23.4. The first-order chi connectivity index (χ1) is 15.9. The summed E-state index contributed by atoms with van der Waals surface area (Å²) in [6.07, 6.45) is 9.28. The van der Waals surface area contributed by atoms with Crippen LogP contribution in [0, 0.1) is 11.8 Å². The summed E-state index contributed by atoms with van der Waals surface area (Å²) in [5, 5.41) is 5.84. The van der Waals surface area contributed by atoms with Gasteiger partial charge in [-0.15, -0.1) is 0 Å². The summed E-state index contributed by atoms with van der Waals surface area (Å²) in [6, 6.07) is 8.82. The minimum absolute atomic E-state index is 0.00526. The van der Waals surface area contributed by atoms with Crippen molar-refractivity contribution in [1.82, 2.24) is 10.3 Å². The lowest BCUT2D eigenvalue weighted by Gasteiger charge is -2.27. The van der Waals surface area contributed by atoms with E-state index in [4.69, 9.17) is 0 Å². The Morgan fingerprint density at radius 3 is 2.70 bits per heavy atom. The summed E-state index contributed by atoms with van der Waals surface area (Å²) in [5.41, 5.74) is 2.58. The lowest BCUT2D eigenvalue weighted by Crippen LogP contribution is -2.33. The highest BCUT2D eigenvalue weighted by molar-refractivity contribution is 7.91. The van der Waals surface area contributed by atoms with Crippen molar-refractivity contribution in [2.45, 2.75) is 62.8 Å². The van der Waals surface area contributed by atoms with Gasteiger partial charge in [0.05, 0.1) is 10.6 Å². The number of pyridine rings is 1. The number of aryl methyl sites for hydroxylation is 1. The van der Waals surface area contributed by atoms with E-state index in [0.717, 1.165) is 48.9 Å². The van der Waals surface area contributed by atoms with Crippen LogP contribution in [-0.4, -0.2) is 31.0 Å². The molecule has 0 spiro atoms. The molecule has 176 valence electrons. The molecule has 1 aliphatic heterocycles.